The summed E-state index contributed by atoms with van der Waals surface area (Å²) in [6.45, 7) is 5.74. The number of thioether (sulfide) groups is 1. The summed E-state index contributed by atoms with van der Waals surface area (Å²) in [5, 5.41) is 1.42. The number of imidazole rings is 1. The molecule has 6 nitrogen and oxygen atoms in total. The Bertz CT molecular complexity index is 982. The average molecular weight is 451 g/mol. The van der Waals surface area contributed by atoms with Crippen LogP contribution in [0, 0.1) is 12.8 Å². The van der Waals surface area contributed by atoms with Gasteiger partial charge in [0.05, 0.1) is 0 Å². The van der Waals surface area contributed by atoms with Crippen LogP contribution in [0.3, 0.4) is 0 Å². The Kier molecular flexibility index (Phi) is 7.47. The molecule has 3 heterocycles. The molecule has 1 fully saturated rings. The molecule has 0 bridgehead atoms. The zero-order valence-corrected chi connectivity index (χ0v) is 19.5. The number of hydrogen-bond acceptors (Lipinski definition) is 5. The number of amides is 1. The number of aromatic nitrogens is 3. The Balaban J connectivity index is 1.21. The van der Waals surface area contributed by atoms with E-state index in [1.54, 1.807) is 18.0 Å². The minimum atomic E-state index is -0.258. The Morgan fingerprint density at radius 2 is 1.94 bits per heavy atom. The van der Waals surface area contributed by atoms with Gasteiger partial charge < -0.3 is 14.6 Å². The Labute approximate surface area is 193 Å². The fourth-order valence-electron chi connectivity index (χ4n) is 3.95. The number of ether oxygens (including phenoxy) is 1. The van der Waals surface area contributed by atoms with Gasteiger partial charge in [0.25, 0.3) is 0 Å². The largest absolute Gasteiger partial charge is 0.415 e. The van der Waals surface area contributed by atoms with Crippen LogP contribution >= 0.6 is 11.8 Å². The predicted molar refractivity (Wildman–Crippen MR) is 127 cm³/mol. The molecule has 0 radical (unpaired) electrons. The summed E-state index contributed by atoms with van der Waals surface area (Å²) >= 11 is 1.77. The van der Waals surface area contributed by atoms with Gasteiger partial charge in [-0.1, -0.05) is 36.9 Å². The van der Waals surface area contributed by atoms with Crippen LogP contribution in [0.25, 0.3) is 0 Å². The molecular weight excluding hydrogens is 420 g/mol. The van der Waals surface area contributed by atoms with Crippen molar-refractivity contribution in [1.29, 1.82) is 0 Å². The van der Waals surface area contributed by atoms with Crippen LogP contribution in [-0.2, 0) is 12.8 Å². The highest BCUT2D eigenvalue weighted by Gasteiger charge is 2.28. The maximum Gasteiger partial charge on any atom is 0.415 e. The lowest BCUT2D eigenvalue weighted by molar-refractivity contribution is 0.131. The van der Waals surface area contributed by atoms with Crippen molar-refractivity contribution < 1.29 is 9.53 Å². The number of pyridine rings is 1. The molecule has 7 heteroatoms. The molecule has 1 atom stereocenters. The summed E-state index contributed by atoms with van der Waals surface area (Å²) in [6.07, 6.45) is 9.04. The van der Waals surface area contributed by atoms with E-state index in [4.69, 9.17) is 4.74 Å². The third-order valence-corrected chi connectivity index (χ3v) is 7.21. The summed E-state index contributed by atoms with van der Waals surface area (Å²) in [6, 6.07) is 12.0. The smallest absolute Gasteiger partial charge is 0.410 e. The van der Waals surface area contributed by atoms with Gasteiger partial charge in [-0.3, -0.25) is 4.98 Å². The van der Waals surface area contributed by atoms with Crippen molar-refractivity contribution in [3.8, 4) is 5.75 Å². The molecule has 1 aliphatic rings. The van der Waals surface area contributed by atoms with Crippen molar-refractivity contribution in [2.45, 2.75) is 49.9 Å². The molecule has 1 amide bonds. The Morgan fingerprint density at radius 3 is 2.59 bits per heavy atom. The van der Waals surface area contributed by atoms with E-state index in [1.165, 1.54) is 11.1 Å². The van der Waals surface area contributed by atoms with Crippen LogP contribution in [0.1, 0.15) is 36.6 Å². The van der Waals surface area contributed by atoms with Gasteiger partial charge in [0.15, 0.2) is 5.16 Å². The summed E-state index contributed by atoms with van der Waals surface area (Å²) in [7, 11) is 0. The molecule has 2 aromatic heterocycles. The van der Waals surface area contributed by atoms with Crippen molar-refractivity contribution in [3.63, 3.8) is 0 Å². The molecule has 1 N–H and O–H groups in total. The fourth-order valence-corrected chi connectivity index (χ4v) is 5.02. The van der Waals surface area contributed by atoms with E-state index in [1.807, 2.05) is 48.5 Å². The number of hydrogen-bond donors (Lipinski definition) is 1. The fraction of sp³-hybridized carbons (Fsp3) is 0.400. The molecule has 0 aliphatic carbocycles. The van der Waals surface area contributed by atoms with Crippen LogP contribution in [0.15, 0.2) is 60.1 Å². The number of aryl methyl sites for hydroxylation is 3. The second-order valence-electron chi connectivity index (χ2n) is 8.38. The van der Waals surface area contributed by atoms with Gasteiger partial charge in [0, 0.05) is 42.6 Å². The maximum atomic E-state index is 12.6. The molecule has 1 saturated heterocycles. The number of H-pyrrole nitrogens is 1. The summed E-state index contributed by atoms with van der Waals surface area (Å²) < 4.78 is 5.62. The van der Waals surface area contributed by atoms with E-state index in [-0.39, 0.29) is 6.09 Å². The van der Waals surface area contributed by atoms with Gasteiger partial charge in [0.2, 0.25) is 0 Å². The highest BCUT2D eigenvalue weighted by Crippen LogP contribution is 2.31. The van der Waals surface area contributed by atoms with Crippen LogP contribution in [0.4, 0.5) is 4.79 Å². The summed E-state index contributed by atoms with van der Waals surface area (Å²) in [4.78, 5) is 26.3. The number of likely N-dealkylation sites (tertiary alicyclic amines) is 1. The molecule has 0 spiro atoms. The lowest BCUT2D eigenvalue weighted by Gasteiger charge is -2.33. The Hall–Kier alpha value is -2.80. The lowest BCUT2D eigenvalue weighted by atomic mass is 9.94. The van der Waals surface area contributed by atoms with Crippen molar-refractivity contribution in [3.05, 3.63) is 71.8 Å². The molecule has 1 unspecified atom stereocenters. The predicted octanol–water partition coefficient (Wildman–Crippen LogP) is 5.29. The van der Waals surface area contributed by atoms with Crippen molar-refractivity contribution >= 4 is 17.9 Å². The summed E-state index contributed by atoms with van der Waals surface area (Å²) in [5.74, 6) is 1.16. The first-order valence-electron chi connectivity index (χ1n) is 11.2. The minimum Gasteiger partial charge on any atom is -0.410 e. The number of benzene rings is 1. The number of aromatic amines is 1. The molecule has 0 saturated carbocycles. The number of piperidine rings is 1. The highest BCUT2D eigenvalue weighted by atomic mass is 32.2. The van der Waals surface area contributed by atoms with Crippen molar-refractivity contribution in [2.75, 3.05) is 13.1 Å². The number of carbonyl (C=O) groups excluding carboxylic acids is 1. The molecule has 3 aromatic rings. The van der Waals surface area contributed by atoms with Crippen molar-refractivity contribution in [2.24, 2.45) is 5.92 Å². The monoisotopic (exact) mass is 450 g/mol. The van der Waals surface area contributed by atoms with E-state index >= 15 is 0 Å². The molecular formula is C25H30N4O2S. The Morgan fingerprint density at radius 1 is 1.16 bits per heavy atom. The van der Waals surface area contributed by atoms with E-state index in [0.717, 1.165) is 49.6 Å². The number of nitrogens with one attached hydrogen (secondary N) is 1. The van der Waals surface area contributed by atoms with Gasteiger partial charge in [-0.2, -0.15) is 0 Å². The first-order valence-corrected chi connectivity index (χ1v) is 12.1. The third-order valence-electron chi connectivity index (χ3n) is 6.00. The lowest BCUT2D eigenvalue weighted by Crippen LogP contribution is -2.41. The minimum absolute atomic E-state index is 0.258. The SMILES string of the molecule is Cc1ccc(CCc2ccc(OC(=O)N3CCC(C(C)Sc4ncc[nH]4)CC3)cc2)nc1. The number of carbonyl (C=O) groups is 1. The van der Waals surface area contributed by atoms with E-state index in [9.17, 15) is 4.79 Å². The maximum absolute atomic E-state index is 12.6. The van der Waals surface area contributed by atoms with E-state index < -0.39 is 0 Å². The standard InChI is InChI=1S/C25H30N4O2S/c1-18-3-7-22(28-17-18)8-4-20-5-9-23(10-6-20)31-25(30)29-15-11-21(12-16-29)19(2)32-24-26-13-14-27-24/h3,5-7,9-10,13-14,17,19,21H,4,8,11-12,15-16H2,1-2H3,(H,26,27). The van der Waals surface area contributed by atoms with Gasteiger partial charge in [0.1, 0.15) is 5.75 Å². The quantitative estimate of drug-likeness (QED) is 0.495. The molecule has 1 aromatic carbocycles. The third kappa shape index (κ3) is 6.13. The van der Waals surface area contributed by atoms with Crippen LogP contribution in [0.2, 0.25) is 0 Å². The number of nitrogens with zero attached hydrogens (tertiary/aromatic N) is 3. The second kappa shape index (κ2) is 10.7. The highest BCUT2D eigenvalue weighted by molar-refractivity contribution is 7.99. The molecule has 1 aliphatic heterocycles. The van der Waals surface area contributed by atoms with Gasteiger partial charge in [-0.25, -0.2) is 9.78 Å². The van der Waals surface area contributed by atoms with Crippen LogP contribution in [-0.4, -0.2) is 44.3 Å². The van der Waals surface area contributed by atoms with Gasteiger partial charge in [-0.15, -0.1) is 0 Å². The topological polar surface area (TPSA) is 71.1 Å². The molecule has 168 valence electrons. The zero-order valence-electron chi connectivity index (χ0n) is 18.7. The summed E-state index contributed by atoms with van der Waals surface area (Å²) in [5.41, 5.74) is 3.47. The van der Waals surface area contributed by atoms with E-state index in [2.05, 4.69) is 34.0 Å². The first kappa shape index (κ1) is 22.4. The first-order chi connectivity index (χ1) is 15.6. The van der Waals surface area contributed by atoms with Crippen LogP contribution < -0.4 is 4.74 Å². The molecule has 4 rings (SSSR count). The number of rotatable bonds is 7. The average Bonchev–Trinajstić information content (AvgIpc) is 3.33. The van der Waals surface area contributed by atoms with Crippen molar-refractivity contribution in [1.82, 2.24) is 19.9 Å². The van der Waals surface area contributed by atoms with E-state index in [0.29, 0.717) is 16.9 Å². The van der Waals surface area contributed by atoms with Gasteiger partial charge >= 0.3 is 6.09 Å². The second-order valence-corrected chi connectivity index (χ2v) is 9.75. The van der Waals surface area contributed by atoms with Crippen LogP contribution in [0.5, 0.6) is 5.75 Å². The normalized spacial score (nSPS) is 15.5. The molecule has 32 heavy (non-hydrogen) atoms. The zero-order chi connectivity index (χ0) is 22.3. The van der Waals surface area contributed by atoms with Gasteiger partial charge in [-0.05, 0) is 67.9 Å².